The van der Waals surface area contributed by atoms with E-state index in [2.05, 4.69) is 63.7 Å². The Morgan fingerprint density at radius 3 is 2.50 bits per heavy atom. The lowest BCUT2D eigenvalue weighted by Crippen LogP contribution is -2.22. The van der Waals surface area contributed by atoms with Gasteiger partial charge in [0.15, 0.2) is 5.82 Å². The van der Waals surface area contributed by atoms with Gasteiger partial charge in [0.1, 0.15) is 0 Å². The summed E-state index contributed by atoms with van der Waals surface area (Å²) in [4.78, 5) is 4.77. The lowest BCUT2D eigenvalue weighted by Gasteiger charge is -2.11. The summed E-state index contributed by atoms with van der Waals surface area (Å²) in [5.74, 6) is 0.931. The van der Waals surface area contributed by atoms with Gasteiger partial charge >= 0.3 is 0 Å². The fourth-order valence-electron chi connectivity index (χ4n) is 2.95. The molecule has 0 spiro atoms. The zero-order chi connectivity index (χ0) is 16.2. The molecule has 0 aliphatic carbocycles. The van der Waals surface area contributed by atoms with Gasteiger partial charge in [0.2, 0.25) is 0 Å². The van der Waals surface area contributed by atoms with E-state index in [9.17, 15) is 0 Å². The van der Waals surface area contributed by atoms with Crippen LogP contribution in [0.15, 0.2) is 72.9 Å². The summed E-state index contributed by atoms with van der Waals surface area (Å²) in [5.41, 5.74) is 4.54. The fraction of sp³-hybridized carbons (Fsp3) is 0.150. The topological polar surface area (TPSA) is 41.4 Å². The normalized spacial score (nSPS) is 11.2. The molecule has 0 saturated carbocycles. The van der Waals surface area contributed by atoms with Crippen LogP contribution in [0.2, 0.25) is 0 Å². The van der Waals surface area contributed by atoms with Crippen LogP contribution >= 0.6 is 0 Å². The zero-order valence-corrected chi connectivity index (χ0v) is 13.4. The molecule has 0 atom stereocenters. The minimum atomic E-state index is 0.832. The van der Waals surface area contributed by atoms with E-state index in [0.29, 0.717) is 0 Å². The Bertz CT molecular complexity index is 944. The smallest absolute Gasteiger partial charge is 0.151 e. The average molecular weight is 316 g/mol. The molecule has 0 aliphatic rings. The van der Waals surface area contributed by atoms with Crippen LogP contribution in [0, 0.1) is 0 Å². The molecule has 4 nitrogen and oxygen atoms in total. The predicted octanol–water partition coefficient (Wildman–Crippen LogP) is 3.69. The molecule has 2 aromatic heterocycles. The number of hydrogen-bond donors (Lipinski definition) is 2. The van der Waals surface area contributed by atoms with Gasteiger partial charge in [-0.1, -0.05) is 42.5 Å². The van der Waals surface area contributed by atoms with Gasteiger partial charge in [0, 0.05) is 25.8 Å². The van der Waals surface area contributed by atoms with Gasteiger partial charge in [-0.15, -0.1) is 0 Å². The highest BCUT2D eigenvalue weighted by atomic mass is 15.1. The molecule has 0 aliphatic heterocycles. The van der Waals surface area contributed by atoms with Gasteiger partial charge in [0.05, 0.1) is 16.6 Å². The number of aromatic nitrogens is 2. The summed E-state index contributed by atoms with van der Waals surface area (Å²) in [7, 11) is 0. The zero-order valence-electron chi connectivity index (χ0n) is 13.4. The molecule has 0 amide bonds. The Balaban J connectivity index is 1.43. The second-order valence-corrected chi connectivity index (χ2v) is 5.80. The fourth-order valence-corrected chi connectivity index (χ4v) is 2.95. The quantitative estimate of drug-likeness (QED) is 0.533. The van der Waals surface area contributed by atoms with Crippen LogP contribution < -0.4 is 10.6 Å². The molecule has 4 heteroatoms. The van der Waals surface area contributed by atoms with E-state index in [1.807, 2.05) is 24.3 Å². The molecule has 0 saturated heterocycles. The maximum Gasteiger partial charge on any atom is 0.151 e. The summed E-state index contributed by atoms with van der Waals surface area (Å²) < 4.78 is 2.18. The van der Waals surface area contributed by atoms with Crippen molar-refractivity contribution < 1.29 is 0 Å². The van der Waals surface area contributed by atoms with Gasteiger partial charge in [-0.3, -0.25) is 0 Å². The molecule has 0 radical (unpaired) electrons. The number of anilines is 1. The molecule has 24 heavy (non-hydrogen) atoms. The molecule has 0 bridgehead atoms. The van der Waals surface area contributed by atoms with Crippen molar-refractivity contribution in [2.24, 2.45) is 0 Å². The van der Waals surface area contributed by atoms with E-state index in [4.69, 9.17) is 4.98 Å². The molecular weight excluding hydrogens is 296 g/mol. The minimum Gasteiger partial charge on any atom is -0.367 e. The number of para-hydroxylation sites is 2. The minimum absolute atomic E-state index is 0.832. The van der Waals surface area contributed by atoms with E-state index in [1.165, 1.54) is 5.56 Å². The van der Waals surface area contributed by atoms with E-state index in [1.54, 1.807) is 0 Å². The summed E-state index contributed by atoms with van der Waals surface area (Å²) in [6.45, 7) is 2.60. The van der Waals surface area contributed by atoms with Crippen LogP contribution in [0.1, 0.15) is 5.56 Å². The van der Waals surface area contributed by atoms with Crippen LogP contribution in [-0.4, -0.2) is 22.5 Å². The Hall–Kier alpha value is -2.85. The third-order valence-corrected chi connectivity index (χ3v) is 4.13. The van der Waals surface area contributed by atoms with Gasteiger partial charge in [-0.2, -0.15) is 0 Å². The van der Waals surface area contributed by atoms with Crippen molar-refractivity contribution in [1.29, 1.82) is 0 Å². The van der Waals surface area contributed by atoms with E-state index >= 15 is 0 Å². The number of nitrogens with zero attached hydrogens (tertiary/aromatic N) is 2. The first-order chi connectivity index (χ1) is 11.9. The van der Waals surface area contributed by atoms with Crippen molar-refractivity contribution in [3.8, 4) is 0 Å². The van der Waals surface area contributed by atoms with Gasteiger partial charge in [-0.25, -0.2) is 4.98 Å². The number of hydrogen-bond acceptors (Lipinski definition) is 3. The van der Waals surface area contributed by atoms with Crippen LogP contribution in [0.25, 0.3) is 16.6 Å². The highest BCUT2D eigenvalue weighted by Gasteiger charge is 2.06. The average Bonchev–Trinajstić information content (AvgIpc) is 3.12. The third-order valence-electron chi connectivity index (χ3n) is 4.13. The number of rotatable bonds is 6. The number of benzene rings is 2. The van der Waals surface area contributed by atoms with Crippen LogP contribution in [0.4, 0.5) is 5.82 Å². The summed E-state index contributed by atoms with van der Waals surface area (Å²) in [6.07, 6.45) is 2.08. The summed E-state index contributed by atoms with van der Waals surface area (Å²) in [5, 5.41) is 6.91. The molecular formula is C20H20N4. The summed E-state index contributed by atoms with van der Waals surface area (Å²) in [6, 6.07) is 22.8. The summed E-state index contributed by atoms with van der Waals surface area (Å²) >= 11 is 0. The molecule has 2 heterocycles. The Morgan fingerprint density at radius 2 is 1.58 bits per heavy atom. The van der Waals surface area contributed by atoms with E-state index in [-0.39, 0.29) is 0 Å². The van der Waals surface area contributed by atoms with Crippen molar-refractivity contribution >= 4 is 22.4 Å². The Morgan fingerprint density at radius 1 is 0.792 bits per heavy atom. The van der Waals surface area contributed by atoms with Crippen molar-refractivity contribution in [2.45, 2.75) is 6.54 Å². The lowest BCUT2D eigenvalue weighted by atomic mass is 10.2. The second-order valence-electron chi connectivity index (χ2n) is 5.80. The van der Waals surface area contributed by atoms with Crippen LogP contribution in [-0.2, 0) is 6.54 Å². The standard InChI is InChI=1S/C20H20N4/c1-2-7-16(8-3-1)15-21-12-13-22-20-19-11-6-14-24(19)18-10-5-4-9-17(18)23-20/h1-11,14,21H,12-13,15H2,(H,22,23). The first-order valence-electron chi connectivity index (χ1n) is 8.26. The van der Waals surface area contributed by atoms with Crippen molar-refractivity contribution in [3.05, 3.63) is 78.5 Å². The highest BCUT2D eigenvalue weighted by molar-refractivity contribution is 5.84. The lowest BCUT2D eigenvalue weighted by molar-refractivity contribution is 0.706. The maximum atomic E-state index is 4.77. The number of fused-ring (bicyclic) bond motifs is 3. The SMILES string of the molecule is c1ccc(CNCCNc2nc3ccccc3n3cccc23)cc1. The third kappa shape index (κ3) is 2.96. The Kier molecular flexibility index (Phi) is 4.13. The van der Waals surface area contributed by atoms with Crippen molar-refractivity contribution in [3.63, 3.8) is 0 Å². The first-order valence-corrected chi connectivity index (χ1v) is 8.26. The molecule has 0 fully saturated rings. The van der Waals surface area contributed by atoms with Crippen LogP contribution in [0.3, 0.4) is 0 Å². The van der Waals surface area contributed by atoms with Crippen molar-refractivity contribution in [2.75, 3.05) is 18.4 Å². The van der Waals surface area contributed by atoms with Crippen molar-refractivity contribution in [1.82, 2.24) is 14.7 Å². The van der Waals surface area contributed by atoms with E-state index < -0.39 is 0 Å². The molecule has 2 N–H and O–H groups in total. The molecule has 2 aromatic carbocycles. The monoisotopic (exact) mass is 316 g/mol. The second kappa shape index (κ2) is 6.72. The molecule has 4 aromatic rings. The largest absolute Gasteiger partial charge is 0.367 e. The first kappa shape index (κ1) is 14.7. The van der Waals surface area contributed by atoms with Gasteiger partial charge < -0.3 is 15.0 Å². The molecule has 120 valence electrons. The van der Waals surface area contributed by atoms with Gasteiger partial charge in [0.25, 0.3) is 0 Å². The molecule has 4 rings (SSSR count). The number of nitrogens with one attached hydrogen (secondary N) is 2. The van der Waals surface area contributed by atoms with E-state index in [0.717, 1.165) is 42.0 Å². The Labute approximate surface area is 141 Å². The predicted molar refractivity (Wildman–Crippen MR) is 99.3 cm³/mol. The van der Waals surface area contributed by atoms with Gasteiger partial charge in [-0.05, 0) is 29.8 Å². The highest BCUT2D eigenvalue weighted by Crippen LogP contribution is 2.21. The van der Waals surface area contributed by atoms with Crippen LogP contribution in [0.5, 0.6) is 0 Å². The maximum absolute atomic E-state index is 4.77. The molecule has 0 unspecified atom stereocenters.